The molecule has 1 aromatic rings. The van der Waals surface area contributed by atoms with Gasteiger partial charge in [-0.05, 0) is 63.9 Å². The molecular weight excluding hydrogens is 418 g/mol. The topological polar surface area (TPSA) is 77.9 Å². The lowest BCUT2D eigenvalue weighted by Crippen LogP contribution is -2.61. The summed E-state index contributed by atoms with van der Waals surface area (Å²) in [5.41, 5.74) is 4.72. The Kier molecular flexibility index (Phi) is 6.97. The molecule has 2 saturated heterocycles. The van der Waals surface area contributed by atoms with E-state index in [0.29, 0.717) is 0 Å². The Balaban J connectivity index is 1.33. The van der Waals surface area contributed by atoms with Crippen LogP contribution in [0.5, 0.6) is 5.75 Å². The Morgan fingerprint density at radius 1 is 1.24 bits per heavy atom. The highest BCUT2D eigenvalue weighted by molar-refractivity contribution is 5.76. The van der Waals surface area contributed by atoms with E-state index in [9.17, 15) is 4.91 Å². The van der Waals surface area contributed by atoms with Crippen molar-refractivity contribution in [1.29, 1.82) is 0 Å². The van der Waals surface area contributed by atoms with E-state index in [4.69, 9.17) is 9.47 Å². The van der Waals surface area contributed by atoms with Gasteiger partial charge in [0.25, 0.3) is 6.17 Å². The summed E-state index contributed by atoms with van der Waals surface area (Å²) in [6.07, 6.45) is 7.87. The maximum absolute atomic E-state index is 13.2. The molecule has 4 heterocycles. The van der Waals surface area contributed by atoms with Crippen molar-refractivity contribution in [2.75, 3.05) is 45.2 Å². The number of fused-ring (bicyclic) bond motifs is 1. The van der Waals surface area contributed by atoms with Gasteiger partial charge < -0.3 is 19.7 Å². The summed E-state index contributed by atoms with van der Waals surface area (Å²) in [6, 6.07) is 4.55. The van der Waals surface area contributed by atoms with Gasteiger partial charge in [0.1, 0.15) is 5.75 Å². The summed E-state index contributed by atoms with van der Waals surface area (Å²) in [4.78, 5) is 15.6. The summed E-state index contributed by atoms with van der Waals surface area (Å²) >= 11 is 0. The SMILES string of the molecule is CC1CC(NCC2CCCO2)[N+](=O)C(Nc2cc3c(c(C4=CCN(C)CCC4)c2)OCC3)N1. The van der Waals surface area contributed by atoms with Gasteiger partial charge in [-0.1, -0.05) is 6.08 Å². The number of nitroso groups, excluding NO2 is 1. The second kappa shape index (κ2) is 10.1. The zero-order valence-electron chi connectivity index (χ0n) is 19.9. The van der Waals surface area contributed by atoms with Crippen molar-refractivity contribution < 1.29 is 14.2 Å². The van der Waals surface area contributed by atoms with Gasteiger partial charge in [0.05, 0.1) is 17.5 Å². The van der Waals surface area contributed by atoms with Crippen LogP contribution in [0.3, 0.4) is 0 Å². The van der Waals surface area contributed by atoms with Gasteiger partial charge in [-0.15, -0.1) is 0 Å². The Bertz CT molecular complexity index is 898. The molecule has 1 aromatic carbocycles. The minimum absolute atomic E-state index is 0.223. The molecule has 2 fully saturated rings. The van der Waals surface area contributed by atoms with Crippen molar-refractivity contribution in [3.8, 4) is 5.75 Å². The standard InChI is InChI=1S/C25H38N5O3/c1-17-13-23(26-16-21-6-4-11-32-21)30(31)25(27-17)28-20-14-19-8-12-33-24(19)22(15-20)18-5-3-9-29(2)10-7-18/h7,14-15,17,21,23,25-28H,3-6,8-13,16H2,1-2H3/q+1. The van der Waals surface area contributed by atoms with Crippen LogP contribution < -0.4 is 20.7 Å². The Morgan fingerprint density at radius 3 is 3.00 bits per heavy atom. The summed E-state index contributed by atoms with van der Waals surface area (Å²) in [5, 5.41) is 10.4. The molecule has 4 aliphatic heterocycles. The van der Waals surface area contributed by atoms with Gasteiger partial charge in [0.15, 0.2) is 0 Å². The molecule has 5 rings (SSSR count). The number of allylic oxidation sites excluding steroid dienone is 1. The van der Waals surface area contributed by atoms with Crippen molar-refractivity contribution >= 4 is 11.3 Å². The maximum atomic E-state index is 13.2. The van der Waals surface area contributed by atoms with E-state index in [1.54, 1.807) is 0 Å². The van der Waals surface area contributed by atoms with Crippen LogP contribution in [0, 0.1) is 4.91 Å². The van der Waals surface area contributed by atoms with Crippen molar-refractivity contribution in [3.63, 3.8) is 0 Å². The molecule has 0 aromatic heterocycles. The van der Waals surface area contributed by atoms with Crippen LogP contribution >= 0.6 is 0 Å². The van der Waals surface area contributed by atoms with Crippen molar-refractivity contribution in [2.24, 2.45) is 0 Å². The van der Waals surface area contributed by atoms with Gasteiger partial charge in [0.2, 0.25) is 0 Å². The fourth-order valence-corrected chi connectivity index (χ4v) is 5.41. The molecular formula is C25H38N5O3+. The highest BCUT2D eigenvalue weighted by Crippen LogP contribution is 2.39. The predicted molar refractivity (Wildman–Crippen MR) is 129 cm³/mol. The van der Waals surface area contributed by atoms with Gasteiger partial charge in [-0.25, -0.2) is 5.32 Å². The number of rotatable bonds is 6. The zero-order valence-corrected chi connectivity index (χ0v) is 19.9. The van der Waals surface area contributed by atoms with Crippen LogP contribution in [0.25, 0.3) is 5.57 Å². The smallest absolute Gasteiger partial charge is 0.335 e. The summed E-state index contributed by atoms with van der Waals surface area (Å²) in [5.74, 6) is 1.02. The molecule has 3 N–H and O–H groups in total. The van der Waals surface area contributed by atoms with Gasteiger partial charge >= 0.3 is 6.29 Å². The molecule has 0 saturated carbocycles. The molecule has 0 aliphatic carbocycles. The highest BCUT2D eigenvalue weighted by atomic mass is 16.5. The summed E-state index contributed by atoms with van der Waals surface area (Å²) in [7, 11) is 2.17. The highest BCUT2D eigenvalue weighted by Gasteiger charge is 2.41. The number of hydrogen-bond donors (Lipinski definition) is 3. The average molecular weight is 457 g/mol. The van der Waals surface area contributed by atoms with E-state index >= 15 is 0 Å². The minimum atomic E-state index is -0.488. The van der Waals surface area contributed by atoms with Crippen LogP contribution in [0.2, 0.25) is 0 Å². The molecule has 0 radical (unpaired) electrons. The fraction of sp³-hybridized carbons (Fsp3) is 0.680. The average Bonchev–Trinajstić information content (AvgIpc) is 3.44. The third-order valence-electron chi connectivity index (χ3n) is 7.25. The van der Waals surface area contributed by atoms with Crippen LogP contribution in [-0.4, -0.2) is 74.2 Å². The molecule has 0 spiro atoms. The van der Waals surface area contributed by atoms with Crippen LogP contribution in [0.15, 0.2) is 18.2 Å². The number of ether oxygens (including phenoxy) is 2. The first kappa shape index (κ1) is 22.8. The Labute approximate surface area is 196 Å². The lowest BCUT2D eigenvalue weighted by atomic mass is 9.96. The zero-order chi connectivity index (χ0) is 22.8. The van der Waals surface area contributed by atoms with E-state index in [1.807, 2.05) is 0 Å². The molecule has 33 heavy (non-hydrogen) atoms. The first-order valence-corrected chi connectivity index (χ1v) is 12.6. The molecule has 4 unspecified atom stereocenters. The molecule has 0 bridgehead atoms. The van der Waals surface area contributed by atoms with Crippen LogP contribution in [0.1, 0.15) is 50.2 Å². The number of benzene rings is 1. The fourth-order valence-electron chi connectivity index (χ4n) is 5.41. The van der Waals surface area contributed by atoms with E-state index in [0.717, 1.165) is 87.6 Å². The molecule has 8 heteroatoms. The van der Waals surface area contributed by atoms with Crippen LogP contribution in [0.4, 0.5) is 5.69 Å². The number of anilines is 1. The van der Waals surface area contributed by atoms with E-state index < -0.39 is 6.29 Å². The summed E-state index contributed by atoms with van der Waals surface area (Å²) in [6.45, 7) is 6.48. The number of hydrogen-bond acceptors (Lipinski definition) is 7. The molecule has 0 amide bonds. The number of nitrogens with zero attached hydrogens (tertiary/aromatic N) is 2. The van der Waals surface area contributed by atoms with E-state index in [1.165, 1.54) is 16.7 Å². The number of likely N-dealkylation sites (N-methyl/N-ethyl adjacent to an activating group) is 1. The van der Waals surface area contributed by atoms with E-state index in [2.05, 4.69) is 53.0 Å². The lowest BCUT2D eigenvalue weighted by molar-refractivity contribution is -0.637. The van der Waals surface area contributed by atoms with Crippen LogP contribution in [-0.2, 0) is 11.2 Å². The maximum Gasteiger partial charge on any atom is 0.335 e. The Hall–Kier alpha value is -2.00. The largest absolute Gasteiger partial charge is 0.492 e. The third kappa shape index (κ3) is 5.24. The quantitative estimate of drug-likeness (QED) is 0.568. The summed E-state index contributed by atoms with van der Waals surface area (Å²) < 4.78 is 12.9. The van der Waals surface area contributed by atoms with Gasteiger partial charge in [-0.3, -0.25) is 5.32 Å². The Morgan fingerprint density at radius 2 is 2.15 bits per heavy atom. The molecule has 8 nitrogen and oxygen atoms in total. The normalized spacial score (nSPS) is 30.5. The third-order valence-corrected chi connectivity index (χ3v) is 7.25. The van der Waals surface area contributed by atoms with Crippen molar-refractivity contribution in [1.82, 2.24) is 15.5 Å². The van der Waals surface area contributed by atoms with Crippen molar-refractivity contribution in [2.45, 2.75) is 70.0 Å². The van der Waals surface area contributed by atoms with Crippen molar-refractivity contribution in [3.05, 3.63) is 34.2 Å². The predicted octanol–water partition coefficient (Wildman–Crippen LogP) is 2.68. The van der Waals surface area contributed by atoms with Gasteiger partial charge in [0, 0.05) is 60.3 Å². The number of nitrogens with one attached hydrogen (secondary N) is 3. The lowest BCUT2D eigenvalue weighted by Gasteiger charge is -2.29. The second-order valence-corrected chi connectivity index (χ2v) is 9.97. The first-order chi connectivity index (χ1) is 16.1. The second-order valence-electron chi connectivity index (χ2n) is 9.97. The molecule has 4 aliphatic rings. The molecule has 4 atom stereocenters. The van der Waals surface area contributed by atoms with Gasteiger partial charge in [-0.2, -0.15) is 0 Å². The molecule has 180 valence electrons. The van der Waals surface area contributed by atoms with E-state index in [-0.39, 0.29) is 18.3 Å². The first-order valence-electron chi connectivity index (χ1n) is 12.6. The monoisotopic (exact) mass is 456 g/mol. The minimum Gasteiger partial charge on any atom is -0.492 e.